The van der Waals surface area contributed by atoms with Crippen molar-refractivity contribution in [3.05, 3.63) is 72.1 Å². The van der Waals surface area contributed by atoms with Crippen molar-refractivity contribution < 1.29 is 9.13 Å². The summed E-state index contributed by atoms with van der Waals surface area (Å²) in [5.74, 6) is 0.663. The first-order valence-corrected chi connectivity index (χ1v) is 9.00. The molecule has 2 aromatic carbocycles. The van der Waals surface area contributed by atoms with Crippen LogP contribution < -0.4 is 16.2 Å². The van der Waals surface area contributed by atoms with Gasteiger partial charge in [-0.2, -0.15) is 0 Å². The quantitative estimate of drug-likeness (QED) is 0.648. The number of allylic oxidation sites excluding steroid dienone is 2. The molecule has 3 rings (SSSR count). The summed E-state index contributed by atoms with van der Waals surface area (Å²) >= 11 is 0. The minimum atomic E-state index is -0.296. The van der Waals surface area contributed by atoms with Crippen LogP contribution in [0.2, 0.25) is 0 Å². The van der Waals surface area contributed by atoms with Gasteiger partial charge < -0.3 is 16.2 Å². The van der Waals surface area contributed by atoms with E-state index in [0.29, 0.717) is 22.8 Å². The molecule has 0 amide bonds. The summed E-state index contributed by atoms with van der Waals surface area (Å²) < 4.78 is 19.1. The van der Waals surface area contributed by atoms with Crippen LogP contribution in [0.5, 0.6) is 5.75 Å². The number of halogens is 1. The van der Waals surface area contributed by atoms with Gasteiger partial charge in [0, 0.05) is 11.1 Å². The maximum Gasteiger partial charge on any atom is 0.176 e. The lowest BCUT2D eigenvalue weighted by Gasteiger charge is -2.12. The Morgan fingerprint density at radius 2 is 1.86 bits per heavy atom. The van der Waals surface area contributed by atoms with Gasteiger partial charge in [-0.3, -0.25) is 0 Å². The molecular weight excluding hydrogens is 355 g/mol. The number of methoxy groups -OCH3 is 1. The number of benzene rings is 2. The number of hydrogen-bond acceptors (Lipinski definition) is 5. The fourth-order valence-corrected chi connectivity index (χ4v) is 2.70. The van der Waals surface area contributed by atoms with Crippen molar-refractivity contribution in [2.45, 2.75) is 20.8 Å². The van der Waals surface area contributed by atoms with E-state index in [0.717, 1.165) is 22.2 Å². The van der Waals surface area contributed by atoms with Gasteiger partial charge in [-0.25, -0.2) is 14.4 Å². The molecule has 0 aliphatic carbocycles. The molecule has 6 heteroatoms. The van der Waals surface area contributed by atoms with E-state index in [9.17, 15) is 4.39 Å². The second kappa shape index (κ2) is 9.50. The summed E-state index contributed by atoms with van der Waals surface area (Å²) in [5.41, 5.74) is 14.7. The Morgan fingerprint density at radius 1 is 1.11 bits per heavy atom. The highest BCUT2D eigenvalue weighted by Gasteiger charge is 2.13. The van der Waals surface area contributed by atoms with Crippen molar-refractivity contribution in [1.82, 2.24) is 9.97 Å². The summed E-state index contributed by atoms with van der Waals surface area (Å²) in [6.45, 7) is 5.87. The maximum atomic E-state index is 13.6. The van der Waals surface area contributed by atoms with E-state index in [1.165, 1.54) is 18.3 Å². The molecule has 3 aromatic rings. The third-order valence-electron chi connectivity index (χ3n) is 3.98. The van der Waals surface area contributed by atoms with Crippen LogP contribution >= 0.6 is 0 Å². The predicted octanol–water partition coefficient (Wildman–Crippen LogP) is 4.55. The fourth-order valence-electron chi connectivity index (χ4n) is 2.70. The molecule has 28 heavy (non-hydrogen) atoms. The van der Waals surface area contributed by atoms with Crippen LogP contribution in [0.3, 0.4) is 0 Å². The van der Waals surface area contributed by atoms with Crippen molar-refractivity contribution >= 4 is 16.6 Å². The molecule has 0 fully saturated rings. The van der Waals surface area contributed by atoms with Gasteiger partial charge in [0.05, 0.1) is 12.8 Å². The second-order valence-electron chi connectivity index (χ2n) is 5.72. The summed E-state index contributed by atoms with van der Waals surface area (Å²) in [7, 11) is 1.57. The first-order chi connectivity index (χ1) is 13.5. The van der Waals surface area contributed by atoms with Crippen molar-refractivity contribution in [2.24, 2.45) is 11.5 Å². The van der Waals surface area contributed by atoms with Gasteiger partial charge in [-0.05, 0) is 60.7 Å². The van der Waals surface area contributed by atoms with Gasteiger partial charge in [-0.1, -0.05) is 26.0 Å². The van der Waals surface area contributed by atoms with Crippen LogP contribution in [0, 0.1) is 12.7 Å². The number of aryl methyl sites for hydroxylation is 1. The largest absolute Gasteiger partial charge is 0.494 e. The summed E-state index contributed by atoms with van der Waals surface area (Å²) in [4.78, 5) is 9.01. The third-order valence-corrected chi connectivity index (χ3v) is 3.98. The molecule has 0 saturated heterocycles. The molecule has 0 aliphatic rings. The van der Waals surface area contributed by atoms with Gasteiger partial charge >= 0.3 is 0 Å². The van der Waals surface area contributed by atoms with Crippen LogP contribution in [-0.2, 0) is 0 Å². The molecule has 0 radical (unpaired) electrons. The standard InChI is InChI=1S/C20H19FN4O.C2H6/c1-12-16-10-14(13-5-3-6-15(21)9-13)11-18(26-2)19(16)25-20(24-12)17(23)7-4-8-22;1-2/h3-11H,22-23H2,1-2H3;1-2H3/b8-4-,17-7-;. The number of nitrogens with zero attached hydrogens (tertiary/aromatic N) is 2. The average Bonchev–Trinajstić information content (AvgIpc) is 2.72. The number of aromatic nitrogens is 2. The molecule has 0 saturated carbocycles. The fraction of sp³-hybridized carbons (Fsp3) is 0.182. The lowest BCUT2D eigenvalue weighted by atomic mass is 10.0. The molecular formula is C22H25FN4O. The molecule has 5 nitrogen and oxygen atoms in total. The van der Waals surface area contributed by atoms with E-state index in [2.05, 4.69) is 9.97 Å². The van der Waals surface area contributed by atoms with Gasteiger partial charge in [0.15, 0.2) is 5.82 Å². The maximum absolute atomic E-state index is 13.6. The smallest absolute Gasteiger partial charge is 0.176 e. The minimum Gasteiger partial charge on any atom is -0.494 e. The van der Waals surface area contributed by atoms with Crippen LogP contribution in [0.4, 0.5) is 4.39 Å². The van der Waals surface area contributed by atoms with Crippen LogP contribution in [0.15, 0.2) is 54.8 Å². The second-order valence-corrected chi connectivity index (χ2v) is 5.72. The SMILES string of the molecule is CC.COc1cc(-c2cccc(F)c2)cc2c(C)nc(/C(N)=C/C=C\N)nc12. The van der Waals surface area contributed by atoms with Crippen molar-refractivity contribution in [1.29, 1.82) is 0 Å². The summed E-state index contributed by atoms with van der Waals surface area (Å²) in [6, 6.07) is 10.1. The Labute approximate surface area is 164 Å². The van der Waals surface area contributed by atoms with Crippen molar-refractivity contribution in [3.8, 4) is 16.9 Å². The van der Waals surface area contributed by atoms with Gasteiger partial charge in [0.25, 0.3) is 0 Å². The van der Waals surface area contributed by atoms with Crippen LogP contribution in [-0.4, -0.2) is 17.1 Å². The molecule has 1 aromatic heterocycles. The highest BCUT2D eigenvalue weighted by atomic mass is 19.1. The van der Waals surface area contributed by atoms with Gasteiger partial charge in [0.1, 0.15) is 17.1 Å². The zero-order valence-corrected chi connectivity index (χ0v) is 16.5. The predicted molar refractivity (Wildman–Crippen MR) is 113 cm³/mol. The highest BCUT2D eigenvalue weighted by Crippen LogP contribution is 2.33. The Hall–Kier alpha value is -3.41. The minimum absolute atomic E-state index is 0.296. The van der Waals surface area contributed by atoms with E-state index in [1.54, 1.807) is 25.3 Å². The number of ether oxygens (including phenoxy) is 1. The molecule has 1 heterocycles. The Kier molecular flexibility index (Phi) is 7.09. The Bertz CT molecular complexity index is 1030. The molecule has 0 atom stereocenters. The van der Waals surface area contributed by atoms with Crippen LogP contribution in [0.25, 0.3) is 27.7 Å². The first kappa shape index (κ1) is 20.9. The van der Waals surface area contributed by atoms with E-state index in [-0.39, 0.29) is 5.82 Å². The molecule has 4 N–H and O–H groups in total. The number of hydrogen-bond donors (Lipinski definition) is 2. The molecule has 0 unspecified atom stereocenters. The Balaban J connectivity index is 0.00000136. The highest BCUT2D eigenvalue weighted by molar-refractivity contribution is 5.92. The van der Waals surface area contributed by atoms with Crippen molar-refractivity contribution in [2.75, 3.05) is 7.11 Å². The lowest BCUT2D eigenvalue weighted by molar-refractivity contribution is 0.419. The van der Waals surface area contributed by atoms with E-state index in [4.69, 9.17) is 16.2 Å². The van der Waals surface area contributed by atoms with Crippen molar-refractivity contribution in [3.63, 3.8) is 0 Å². The van der Waals surface area contributed by atoms with E-state index < -0.39 is 0 Å². The molecule has 0 bridgehead atoms. The first-order valence-electron chi connectivity index (χ1n) is 9.00. The molecule has 0 spiro atoms. The zero-order chi connectivity index (χ0) is 20.7. The average molecular weight is 380 g/mol. The lowest BCUT2D eigenvalue weighted by Crippen LogP contribution is -2.05. The number of rotatable bonds is 4. The molecule has 0 aliphatic heterocycles. The zero-order valence-electron chi connectivity index (χ0n) is 16.5. The normalized spacial score (nSPS) is 11.4. The van der Waals surface area contributed by atoms with E-state index >= 15 is 0 Å². The summed E-state index contributed by atoms with van der Waals surface area (Å²) in [6.07, 6.45) is 4.63. The van der Waals surface area contributed by atoms with E-state index in [1.807, 2.05) is 39.0 Å². The monoisotopic (exact) mass is 380 g/mol. The summed E-state index contributed by atoms with van der Waals surface area (Å²) in [5, 5.41) is 0.814. The van der Waals surface area contributed by atoms with Gasteiger partial charge in [-0.15, -0.1) is 0 Å². The topological polar surface area (TPSA) is 87.0 Å². The number of nitrogens with two attached hydrogens (primary N) is 2. The Morgan fingerprint density at radius 3 is 2.50 bits per heavy atom. The molecule has 146 valence electrons. The van der Waals surface area contributed by atoms with Gasteiger partial charge in [0.2, 0.25) is 0 Å². The third kappa shape index (κ3) is 4.46. The van der Waals surface area contributed by atoms with Crippen LogP contribution in [0.1, 0.15) is 25.4 Å². The number of fused-ring (bicyclic) bond motifs is 1.